The van der Waals surface area contributed by atoms with E-state index in [-0.39, 0.29) is 12.0 Å². The maximum absolute atomic E-state index is 12.2. The standard InChI is InChI=1S/C22H25BrClN3O3/c23-17-7-16(10-25-12-17)8-22(28)26-11-15-3-5-27(6-4-15)13-19-14-29-20-2-1-18(24)9-21(20)30-19/h1-2,7,9-10,12,15,19H,3-6,8,11,13-14H2,(H,26,28)/t19-/m0/s1. The number of halogens is 2. The van der Waals surface area contributed by atoms with Crippen molar-refractivity contribution in [1.82, 2.24) is 15.2 Å². The van der Waals surface area contributed by atoms with Gasteiger partial charge in [-0.15, -0.1) is 0 Å². The third-order valence-corrected chi connectivity index (χ3v) is 6.18. The second-order valence-electron chi connectivity index (χ2n) is 7.88. The summed E-state index contributed by atoms with van der Waals surface area (Å²) in [6.07, 6.45) is 5.94. The van der Waals surface area contributed by atoms with E-state index in [2.05, 4.69) is 31.1 Å². The van der Waals surface area contributed by atoms with E-state index in [9.17, 15) is 4.79 Å². The molecule has 30 heavy (non-hydrogen) atoms. The molecule has 1 fully saturated rings. The summed E-state index contributed by atoms with van der Waals surface area (Å²) in [7, 11) is 0. The molecule has 2 aromatic rings. The summed E-state index contributed by atoms with van der Waals surface area (Å²) in [4.78, 5) is 18.7. The Kier molecular flexibility index (Phi) is 7.12. The Morgan fingerprint density at radius 1 is 1.23 bits per heavy atom. The highest BCUT2D eigenvalue weighted by Crippen LogP contribution is 2.34. The Hall–Kier alpha value is -1.83. The van der Waals surface area contributed by atoms with Crippen LogP contribution in [0.3, 0.4) is 0 Å². The molecule has 1 N–H and O–H groups in total. The lowest BCUT2D eigenvalue weighted by Gasteiger charge is -2.35. The van der Waals surface area contributed by atoms with Crippen LogP contribution in [0.15, 0.2) is 41.1 Å². The van der Waals surface area contributed by atoms with Crippen molar-refractivity contribution in [2.45, 2.75) is 25.4 Å². The van der Waals surface area contributed by atoms with E-state index in [0.29, 0.717) is 24.0 Å². The molecule has 1 saturated heterocycles. The lowest BCUT2D eigenvalue weighted by molar-refractivity contribution is -0.120. The van der Waals surface area contributed by atoms with Crippen molar-refractivity contribution in [3.05, 3.63) is 51.7 Å². The van der Waals surface area contributed by atoms with Crippen LogP contribution in [0.25, 0.3) is 0 Å². The molecule has 1 aromatic carbocycles. The number of piperidine rings is 1. The Labute approximate surface area is 190 Å². The molecular formula is C22H25BrClN3O3. The predicted molar refractivity (Wildman–Crippen MR) is 119 cm³/mol. The third-order valence-electron chi connectivity index (χ3n) is 5.51. The number of hydrogen-bond acceptors (Lipinski definition) is 5. The lowest BCUT2D eigenvalue weighted by Crippen LogP contribution is -2.45. The van der Waals surface area contributed by atoms with Crippen LogP contribution in [0, 0.1) is 5.92 Å². The van der Waals surface area contributed by atoms with Gasteiger partial charge in [-0.05, 0) is 71.5 Å². The number of likely N-dealkylation sites (tertiary alicyclic amines) is 1. The van der Waals surface area contributed by atoms with Crippen LogP contribution < -0.4 is 14.8 Å². The summed E-state index contributed by atoms with van der Waals surface area (Å²) in [6, 6.07) is 7.39. The summed E-state index contributed by atoms with van der Waals surface area (Å²) >= 11 is 9.44. The summed E-state index contributed by atoms with van der Waals surface area (Å²) in [5.74, 6) is 2.03. The zero-order chi connectivity index (χ0) is 20.9. The van der Waals surface area contributed by atoms with Gasteiger partial charge in [-0.3, -0.25) is 14.7 Å². The van der Waals surface area contributed by atoms with Crippen molar-refractivity contribution in [3.63, 3.8) is 0 Å². The Morgan fingerprint density at radius 3 is 2.87 bits per heavy atom. The molecule has 160 valence electrons. The number of nitrogens with zero attached hydrogens (tertiary/aromatic N) is 2. The predicted octanol–water partition coefficient (Wildman–Crippen LogP) is 3.71. The second kappa shape index (κ2) is 9.98. The highest BCUT2D eigenvalue weighted by molar-refractivity contribution is 9.10. The van der Waals surface area contributed by atoms with Crippen molar-refractivity contribution in [2.75, 3.05) is 32.8 Å². The van der Waals surface area contributed by atoms with E-state index in [4.69, 9.17) is 21.1 Å². The molecule has 0 radical (unpaired) electrons. The van der Waals surface area contributed by atoms with Crippen LogP contribution in [-0.2, 0) is 11.2 Å². The third kappa shape index (κ3) is 5.86. The van der Waals surface area contributed by atoms with Gasteiger partial charge in [0.2, 0.25) is 5.91 Å². The number of aromatic nitrogens is 1. The molecule has 6 nitrogen and oxygen atoms in total. The molecule has 2 aliphatic rings. The number of nitrogens with one attached hydrogen (secondary N) is 1. The molecule has 2 aliphatic heterocycles. The Morgan fingerprint density at radius 2 is 2.07 bits per heavy atom. The van der Waals surface area contributed by atoms with E-state index in [1.165, 1.54) is 0 Å². The minimum Gasteiger partial charge on any atom is -0.486 e. The van der Waals surface area contributed by atoms with Crippen LogP contribution in [0.2, 0.25) is 5.02 Å². The average Bonchev–Trinajstić information content (AvgIpc) is 2.73. The van der Waals surface area contributed by atoms with Gasteiger partial charge in [0.15, 0.2) is 11.5 Å². The molecule has 1 amide bonds. The summed E-state index contributed by atoms with van der Waals surface area (Å²) < 4.78 is 12.8. The van der Waals surface area contributed by atoms with E-state index in [1.54, 1.807) is 12.4 Å². The van der Waals surface area contributed by atoms with Gasteiger partial charge < -0.3 is 14.8 Å². The highest BCUT2D eigenvalue weighted by atomic mass is 79.9. The van der Waals surface area contributed by atoms with Gasteiger partial charge in [-0.2, -0.15) is 0 Å². The number of amides is 1. The first kappa shape index (κ1) is 21.4. The first-order valence-electron chi connectivity index (χ1n) is 10.2. The summed E-state index contributed by atoms with van der Waals surface area (Å²) in [5.41, 5.74) is 0.911. The quantitative estimate of drug-likeness (QED) is 0.663. The van der Waals surface area contributed by atoms with Crippen LogP contribution in [0.5, 0.6) is 11.5 Å². The van der Waals surface area contributed by atoms with Gasteiger partial charge in [0, 0.05) is 41.0 Å². The van der Waals surface area contributed by atoms with Crippen molar-refractivity contribution < 1.29 is 14.3 Å². The molecule has 0 saturated carbocycles. The summed E-state index contributed by atoms with van der Waals surface area (Å²) in [5, 5.41) is 3.73. The van der Waals surface area contributed by atoms with Gasteiger partial charge in [-0.1, -0.05) is 11.6 Å². The molecule has 3 heterocycles. The number of rotatable bonds is 6. The minimum atomic E-state index is 0.00558. The van der Waals surface area contributed by atoms with E-state index in [1.807, 2.05) is 24.3 Å². The molecular weight excluding hydrogens is 470 g/mol. The Balaban J connectivity index is 1.17. The number of carbonyl (C=O) groups excluding carboxylic acids is 1. The molecule has 1 atom stereocenters. The molecule has 1 aromatic heterocycles. The van der Waals surface area contributed by atoms with Crippen LogP contribution >= 0.6 is 27.5 Å². The zero-order valence-electron chi connectivity index (χ0n) is 16.7. The number of benzene rings is 1. The molecule has 0 unspecified atom stereocenters. The lowest BCUT2D eigenvalue weighted by atomic mass is 9.96. The fourth-order valence-electron chi connectivity index (χ4n) is 3.90. The van der Waals surface area contributed by atoms with Crippen LogP contribution in [0.1, 0.15) is 18.4 Å². The average molecular weight is 495 g/mol. The summed E-state index contributed by atoms with van der Waals surface area (Å²) in [6.45, 7) is 4.11. The SMILES string of the molecule is O=C(Cc1cncc(Br)c1)NCC1CCN(C[C@H]2COc3ccc(Cl)cc3O2)CC1. The molecule has 0 aliphatic carbocycles. The fraction of sp³-hybridized carbons (Fsp3) is 0.455. The van der Waals surface area contributed by atoms with Crippen molar-refractivity contribution in [1.29, 1.82) is 0 Å². The smallest absolute Gasteiger partial charge is 0.224 e. The second-order valence-corrected chi connectivity index (χ2v) is 9.23. The monoisotopic (exact) mass is 493 g/mol. The Bertz CT molecular complexity index is 890. The normalized spacial score (nSPS) is 19.5. The number of pyridine rings is 1. The van der Waals surface area contributed by atoms with Crippen LogP contribution in [0.4, 0.5) is 0 Å². The van der Waals surface area contributed by atoms with Crippen molar-refractivity contribution in [2.24, 2.45) is 5.92 Å². The van der Waals surface area contributed by atoms with Crippen LogP contribution in [-0.4, -0.2) is 54.7 Å². The van der Waals surface area contributed by atoms with E-state index in [0.717, 1.165) is 60.6 Å². The maximum atomic E-state index is 12.2. The largest absolute Gasteiger partial charge is 0.486 e. The van der Waals surface area contributed by atoms with Gasteiger partial charge in [0.05, 0.1) is 6.42 Å². The van der Waals surface area contributed by atoms with Gasteiger partial charge in [-0.25, -0.2) is 0 Å². The van der Waals surface area contributed by atoms with Gasteiger partial charge in [0.1, 0.15) is 12.7 Å². The number of carbonyl (C=O) groups is 1. The first-order chi connectivity index (χ1) is 14.5. The zero-order valence-corrected chi connectivity index (χ0v) is 19.0. The van der Waals surface area contributed by atoms with E-state index < -0.39 is 0 Å². The number of hydrogen-bond donors (Lipinski definition) is 1. The number of ether oxygens (including phenoxy) is 2. The molecule has 4 rings (SSSR count). The topological polar surface area (TPSA) is 63.7 Å². The minimum absolute atomic E-state index is 0.00558. The molecule has 0 spiro atoms. The maximum Gasteiger partial charge on any atom is 0.224 e. The van der Waals surface area contributed by atoms with Crippen molar-refractivity contribution >= 4 is 33.4 Å². The molecule has 8 heteroatoms. The van der Waals surface area contributed by atoms with Crippen molar-refractivity contribution in [3.8, 4) is 11.5 Å². The van der Waals surface area contributed by atoms with Gasteiger partial charge >= 0.3 is 0 Å². The van der Waals surface area contributed by atoms with Gasteiger partial charge in [0.25, 0.3) is 0 Å². The number of fused-ring (bicyclic) bond motifs is 1. The fourth-order valence-corrected chi connectivity index (χ4v) is 4.47. The first-order valence-corrected chi connectivity index (χ1v) is 11.4. The molecule has 0 bridgehead atoms. The van der Waals surface area contributed by atoms with E-state index >= 15 is 0 Å². The highest BCUT2D eigenvalue weighted by Gasteiger charge is 2.26.